The number of fused-ring (bicyclic) bond motifs is 3. The van der Waals surface area contributed by atoms with Gasteiger partial charge in [0.2, 0.25) is 5.91 Å². The highest BCUT2D eigenvalue weighted by Crippen LogP contribution is 2.46. The molecule has 4 heteroatoms. The number of hydrogen-bond acceptors (Lipinski definition) is 3. The van der Waals surface area contributed by atoms with E-state index in [1.54, 1.807) is 11.8 Å². The van der Waals surface area contributed by atoms with Gasteiger partial charge in [0.15, 0.2) is 0 Å². The van der Waals surface area contributed by atoms with Gasteiger partial charge in [0.25, 0.3) is 0 Å². The molecule has 0 radical (unpaired) electrons. The van der Waals surface area contributed by atoms with Gasteiger partial charge in [0.1, 0.15) is 0 Å². The minimum Gasteiger partial charge on any atom is -0.354 e. The molecule has 0 bridgehead atoms. The van der Waals surface area contributed by atoms with Gasteiger partial charge in [-0.15, -0.1) is 0 Å². The topological polar surface area (TPSA) is 41.1 Å². The molecular weight excluding hydrogens is 316 g/mol. The molecule has 2 N–H and O–H groups in total. The van der Waals surface area contributed by atoms with E-state index in [0.29, 0.717) is 0 Å². The molecule has 2 aliphatic heterocycles. The Labute approximate surface area is 144 Å². The number of anilines is 3. The third kappa shape index (κ3) is 2.03. The first kappa shape index (κ1) is 13.7. The van der Waals surface area contributed by atoms with E-state index < -0.39 is 0 Å². The van der Waals surface area contributed by atoms with E-state index in [1.807, 2.05) is 42.5 Å². The molecule has 24 heavy (non-hydrogen) atoms. The van der Waals surface area contributed by atoms with Gasteiger partial charge in [-0.2, -0.15) is 0 Å². The Balaban J connectivity index is 1.57. The van der Waals surface area contributed by atoms with Crippen LogP contribution in [0.1, 0.15) is 17.0 Å². The number of nitrogens with one attached hydrogen (secondary N) is 2. The van der Waals surface area contributed by atoms with Crippen LogP contribution in [-0.2, 0) is 4.79 Å². The van der Waals surface area contributed by atoms with E-state index in [-0.39, 0.29) is 11.8 Å². The van der Waals surface area contributed by atoms with Crippen molar-refractivity contribution in [2.24, 2.45) is 0 Å². The van der Waals surface area contributed by atoms with Crippen molar-refractivity contribution in [3.8, 4) is 0 Å². The van der Waals surface area contributed by atoms with Gasteiger partial charge in [-0.25, -0.2) is 0 Å². The second kappa shape index (κ2) is 5.14. The summed E-state index contributed by atoms with van der Waals surface area (Å²) in [4.78, 5) is 14.8. The van der Waals surface area contributed by atoms with Gasteiger partial charge in [-0.1, -0.05) is 48.2 Å². The minimum absolute atomic E-state index is 0.0466. The van der Waals surface area contributed by atoms with E-state index in [4.69, 9.17) is 0 Å². The maximum atomic E-state index is 12.5. The zero-order valence-corrected chi connectivity index (χ0v) is 13.6. The van der Waals surface area contributed by atoms with Gasteiger partial charge in [0.05, 0.1) is 17.3 Å². The molecule has 3 nitrogen and oxygen atoms in total. The van der Waals surface area contributed by atoms with Crippen LogP contribution >= 0.6 is 11.8 Å². The van der Waals surface area contributed by atoms with E-state index in [1.165, 1.54) is 4.90 Å². The van der Waals surface area contributed by atoms with Crippen LogP contribution in [0.2, 0.25) is 0 Å². The smallest absolute Gasteiger partial charge is 0.236 e. The van der Waals surface area contributed by atoms with E-state index in [0.717, 1.165) is 33.1 Å². The molecule has 3 aromatic carbocycles. The van der Waals surface area contributed by atoms with Crippen LogP contribution in [0.4, 0.5) is 17.1 Å². The molecule has 0 aromatic heterocycles. The summed E-state index contributed by atoms with van der Waals surface area (Å²) in [5, 5.41) is 6.45. The van der Waals surface area contributed by atoms with Gasteiger partial charge in [-0.05, 0) is 41.5 Å². The van der Waals surface area contributed by atoms with Gasteiger partial charge < -0.3 is 10.6 Å². The number of para-hydroxylation sites is 2. The van der Waals surface area contributed by atoms with Crippen LogP contribution < -0.4 is 10.6 Å². The second-order valence-corrected chi connectivity index (χ2v) is 7.07. The zero-order valence-electron chi connectivity index (χ0n) is 12.7. The third-order valence-corrected chi connectivity index (χ3v) is 5.64. The number of benzene rings is 3. The predicted octanol–water partition coefficient (Wildman–Crippen LogP) is 4.98. The van der Waals surface area contributed by atoms with Crippen LogP contribution in [0.5, 0.6) is 0 Å². The minimum atomic E-state index is -0.232. The molecule has 116 valence electrons. The first-order valence-electron chi connectivity index (χ1n) is 7.87. The lowest BCUT2D eigenvalue weighted by atomic mass is 9.92. The maximum absolute atomic E-state index is 12.5. The van der Waals surface area contributed by atoms with E-state index >= 15 is 0 Å². The Morgan fingerprint density at radius 2 is 1.50 bits per heavy atom. The fourth-order valence-electron chi connectivity index (χ4n) is 3.37. The summed E-state index contributed by atoms with van der Waals surface area (Å²) in [5.41, 5.74) is 5.23. The molecule has 1 unspecified atom stereocenters. The summed E-state index contributed by atoms with van der Waals surface area (Å²) in [5.74, 6) is -0.186. The number of carbonyl (C=O) groups is 1. The molecule has 5 rings (SSSR count). The van der Waals surface area contributed by atoms with Gasteiger partial charge in [-0.3, -0.25) is 4.79 Å². The zero-order chi connectivity index (χ0) is 16.1. The molecule has 3 aromatic rings. The Morgan fingerprint density at radius 3 is 2.42 bits per heavy atom. The highest BCUT2D eigenvalue weighted by atomic mass is 32.2. The summed E-state index contributed by atoms with van der Waals surface area (Å²) in [6, 6.07) is 22.4. The average Bonchev–Trinajstić information content (AvgIpc) is 2.95. The maximum Gasteiger partial charge on any atom is 0.236 e. The molecule has 1 atom stereocenters. The van der Waals surface area contributed by atoms with Crippen molar-refractivity contribution in [1.82, 2.24) is 0 Å². The van der Waals surface area contributed by atoms with E-state index in [2.05, 4.69) is 34.9 Å². The SMILES string of the molecule is O=C1Nc2ccccc2C1c1ccc2c(c1)Sc1ccccc1N2. The Kier molecular flexibility index (Phi) is 2.94. The normalized spacial score (nSPS) is 17.3. The molecule has 2 aliphatic rings. The molecule has 0 saturated carbocycles. The number of amides is 1. The van der Waals surface area contributed by atoms with Gasteiger partial charge in [0, 0.05) is 15.5 Å². The molecule has 0 aliphatic carbocycles. The van der Waals surface area contributed by atoms with Crippen LogP contribution in [0.3, 0.4) is 0 Å². The fourth-order valence-corrected chi connectivity index (χ4v) is 4.40. The Morgan fingerprint density at radius 1 is 0.750 bits per heavy atom. The van der Waals surface area contributed by atoms with Crippen molar-refractivity contribution in [2.45, 2.75) is 15.7 Å². The lowest BCUT2D eigenvalue weighted by Gasteiger charge is -2.22. The van der Waals surface area contributed by atoms with Crippen LogP contribution in [0, 0.1) is 0 Å². The lowest BCUT2D eigenvalue weighted by molar-refractivity contribution is -0.116. The molecular formula is C20H14N2OS. The third-order valence-electron chi connectivity index (χ3n) is 4.51. The highest BCUT2D eigenvalue weighted by Gasteiger charge is 2.32. The summed E-state index contributed by atoms with van der Waals surface area (Å²) in [6.07, 6.45) is 0. The standard InChI is InChI=1S/C20H14N2OS/c23-20-19(13-5-1-2-6-14(13)22-20)12-9-10-16-18(11-12)24-17-8-4-3-7-15(17)21-16/h1-11,19,21H,(H,22,23). The molecule has 0 fully saturated rings. The van der Waals surface area contributed by atoms with Crippen molar-refractivity contribution in [3.63, 3.8) is 0 Å². The highest BCUT2D eigenvalue weighted by molar-refractivity contribution is 7.99. The van der Waals surface area contributed by atoms with Crippen LogP contribution in [0.25, 0.3) is 0 Å². The number of carbonyl (C=O) groups excluding carboxylic acids is 1. The Bertz CT molecular complexity index is 983. The van der Waals surface area contributed by atoms with Crippen LogP contribution in [-0.4, -0.2) is 5.91 Å². The molecule has 0 saturated heterocycles. The van der Waals surface area contributed by atoms with Crippen LogP contribution in [0.15, 0.2) is 76.5 Å². The van der Waals surface area contributed by atoms with Crippen molar-refractivity contribution in [2.75, 3.05) is 10.6 Å². The number of hydrogen-bond donors (Lipinski definition) is 2. The van der Waals surface area contributed by atoms with Crippen molar-refractivity contribution in [1.29, 1.82) is 0 Å². The van der Waals surface area contributed by atoms with Crippen molar-refractivity contribution in [3.05, 3.63) is 77.9 Å². The molecule has 2 heterocycles. The first-order chi connectivity index (χ1) is 11.8. The quantitative estimate of drug-likeness (QED) is 0.517. The number of rotatable bonds is 1. The molecule has 0 spiro atoms. The Hall–Kier alpha value is -2.72. The predicted molar refractivity (Wildman–Crippen MR) is 97.2 cm³/mol. The molecule has 1 amide bonds. The lowest BCUT2D eigenvalue weighted by Crippen LogP contribution is -2.13. The monoisotopic (exact) mass is 330 g/mol. The fraction of sp³-hybridized carbons (Fsp3) is 0.0500. The van der Waals surface area contributed by atoms with E-state index in [9.17, 15) is 4.79 Å². The summed E-state index contributed by atoms with van der Waals surface area (Å²) in [6.45, 7) is 0. The van der Waals surface area contributed by atoms with Gasteiger partial charge >= 0.3 is 0 Å². The summed E-state index contributed by atoms with van der Waals surface area (Å²) in [7, 11) is 0. The summed E-state index contributed by atoms with van der Waals surface area (Å²) >= 11 is 1.74. The van der Waals surface area contributed by atoms with Crippen molar-refractivity contribution >= 4 is 34.7 Å². The second-order valence-electron chi connectivity index (χ2n) is 5.99. The largest absolute Gasteiger partial charge is 0.354 e. The first-order valence-corrected chi connectivity index (χ1v) is 8.69. The average molecular weight is 330 g/mol. The van der Waals surface area contributed by atoms with Crippen molar-refractivity contribution < 1.29 is 4.79 Å². The summed E-state index contributed by atoms with van der Waals surface area (Å²) < 4.78 is 0.